The topological polar surface area (TPSA) is 30.5 Å². The van der Waals surface area contributed by atoms with Crippen LogP contribution in [0.25, 0.3) is 21.5 Å². The molecule has 9 aromatic rings. The van der Waals surface area contributed by atoms with Crippen molar-refractivity contribution >= 4 is 78.4 Å². The second-order valence-corrected chi connectivity index (χ2v) is 13.8. The van der Waals surface area contributed by atoms with Crippen molar-refractivity contribution in [2.24, 2.45) is 0 Å². The van der Waals surface area contributed by atoms with Crippen LogP contribution in [0.5, 0.6) is 0 Å². The monoisotopic (exact) mass is 708 g/mol. The molecule has 55 heavy (non-hydrogen) atoms. The van der Waals surface area contributed by atoms with Crippen LogP contribution in [-0.4, -0.2) is 0 Å². The van der Waals surface area contributed by atoms with Crippen LogP contribution in [0.4, 0.5) is 56.9 Å². The Morgan fingerprint density at radius 1 is 0.291 bits per heavy atom. The van der Waals surface area contributed by atoms with Crippen molar-refractivity contribution in [2.75, 3.05) is 20.4 Å². The van der Waals surface area contributed by atoms with Crippen molar-refractivity contribution in [2.45, 2.75) is 6.92 Å². The highest BCUT2D eigenvalue weighted by atomic mass is 15.1. The summed E-state index contributed by atoms with van der Waals surface area (Å²) in [6, 6.07) is 75.2. The van der Waals surface area contributed by atoms with E-state index in [1.165, 1.54) is 27.1 Å². The SMILES string of the molecule is Cc1ccc(Nc2ccc(N(c3ccc(Nc4ccc(N(c5ccccc5)c5ccccc5)cc4)cc3)c3ccc4ccc5ccccc5c4c3)cc2)cc1. The molecule has 4 nitrogen and oxygen atoms in total. The maximum absolute atomic E-state index is 3.63. The average Bonchev–Trinajstić information content (AvgIpc) is 3.24. The highest BCUT2D eigenvalue weighted by molar-refractivity contribution is 6.09. The van der Waals surface area contributed by atoms with Crippen molar-refractivity contribution < 1.29 is 0 Å². The van der Waals surface area contributed by atoms with Crippen molar-refractivity contribution in [3.05, 3.63) is 218 Å². The Kier molecular flexibility index (Phi) is 9.13. The van der Waals surface area contributed by atoms with E-state index in [0.717, 1.165) is 56.9 Å². The van der Waals surface area contributed by atoms with Crippen LogP contribution in [0, 0.1) is 6.92 Å². The van der Waals surface area contributed by atoms with Crippen LogP contribution in [0.1, 0.15) is 5.56 Å². The molecule has 2 N–H and O–H groups in total. The van der Waals surface area contributed by atoms with E-state index < -0.39 is 0 Å². The molecule has 0 saturated heterocycles. The van der Waals surface area contributed by atoms with Gasteiger partial charge in [-0.05, 0) is 150 Å². The Balaban J connectivity index is 1.02. The van der Waals surface area contributed by atoms with Crippen LogP contribution in [0.2, 0.25) is 0 Å². The largest absolute Gasteiger partial charge is 0.356 e. The molecule has 264 valence electrons. The molecule has 0 heterocycles. The van der Waals surface area contributed by atoms with Crippen molar-refractivity contribution in [1.29, 1.82) is 0 Å². The smallest absolute Gasteiger partial charge is 0.0468 e. The molecule has 0 radical (unpaired) electrons. The fraction of sp³-hybridized carbons (Fsp3) is 0.0196. The van der Waals surface area contributed by atoms with E-state index in [9.17, 15) is 0 Å². The van der Waals surface area contributed by atoms with Crippen molar-refractivity contribution in [3.63, 3.8) is 0 Å². The van der Waals surface area contributed by atoms with Gasteiger partial charge in [0.05, 0.1) is 0 Å². The summed E-state index contributed by atoms with van der Waals surface area (Å²) in [5.41, 5.74) is 12.0. The first-order valence-electron chi connectivity index (χ1n) is 18.7. The van der Waals surface area contributed by atoms with Gasteiger partial charge in [-0.2, -0.15) is 0 Å². The Morgan fingerprint density at radius 3 is 1.13 bits per heavy atom. The lowest BCUT2D eigenvalue weighted by Gasteiger charge is -2.26. The summed E-state index contributed by atoms with van der Waals surface area (Å²) in [7, 11) is 0. The van der Waals surface area contributed by atoms with Gasteiger partial charge >= 0.3 is 0 Å². The molecular formula is C51H40N4. The molecule has 0 amide bonds. The quantitative estimate of drug-likeness (QED) is 0.139. The lowest BCUT2D eigenvalue weighted by atomic mass is 10.0. The highest BCUT2D eigenvalue weighted by Crippen LogP contribution is 2.39. The van der Waals surface area contributed by atoms with Gasteiger partial charge in [0.25, 0.3) is 0 Å². The van der Waals surface area contributed by atoms with Gasteiger partial charge in [-0.1, -0.05) is 96.6 Å². The van der Waals surface area contributed by atoms with Gasteiger partial charge in [0.2, 0.25) is 0 Å². The van der Waals surface area contributed by atoms with Crippen LogP contribution in [0.15, 0.2) is 212 Å². The number of nitrogens with one attached hydrogen (secondary N) is 2. The van der Waals surface area contributed by atoms with Crippen LogP contribution < -0.4 is 20.4 Å². The normalized spacial score (nSPS) is 11.0. The van der Waals surface area contributed by atoms with E-state index in [1.54, 1.807) is 0 Å². The predicted molar refractivity (Wildman–Crippen MR) is 235 cm³/mol. The van der Waals surface area contributed by atoms with E-state index in [0.29, 0.717) is 0 Å². The summed E-state index contributed by atoms with van der Waals surface area (Å²) in [5, 5.41) is 12.1. The van der Waals surface area contributed by atoms with Gasteiger partial charge in [-0.15, -0.1) is 0 Å². The minimum atomic E-state index is 1.02. The molecule has 0 aromatic heterocycles. The summed E-state index contributed by atoms with van der Waals surface area (Å²) >= 11 is 0. The first-order valence-corrected chi connectivity index (χ1v) is 18.7. The van der Waals surface area contributed by atoms with Crippen LogP contribution in [0.3, 0.4) is 0 Å². The molecule has 0 saturated carbocycles. The number of aryl methyl sites for hydroxylation is 1. The maximum atomic E-state index is 3.63. The summed E-state index contributed by atoms with van der Waals surface area (Å²) < 4.78 is 0. The molecular weight excluding hydrogens is 669 g/mol. The second kappa shape index (κ2) is 15.0. The Bertz CT molecular complexity index is 2630. The third kappa shape index (κ3) is 7.22. The average molecular weight is 709 g/mol. The predicted octanol–water partition coefficient (Wildman–Crippen LogP) is 14.7. The molecule has 0 unspecified atom stereocenters. The fourth-order valence-corrected chi connectivity index (χ4v) is 7.23. The summed E-state index contributed by atoms with van der Waals surface area (Å²) in [6.45, 7) is 2.11. The molecule has 0 aliphatic carbocycles. The molecule has 0 aliphatic heterocycles. The molecule has 9 aromatic carbocycles. The number of nitrogens with zero attached hydrogens (tertiary/aromatic N) is 2. The Morgan fingerprint density at radius 2 is 0.636 bits per heavy atom. The second-order valence-electron chi connectivity index (χ2n) is 13.8. The summed E-state index contributed by atoms with van der Waals surface area (Å²) in [6.07, 6.45) is 0. The number of anilines is 10. The number of benzene rings is 9. The lowest BCUT2D eigenvalue weighted by Crippen LogP contribution is -2.10. The van der Waals surface area contributed by atoms with E-state index in [2.05, 4.69) is 240 Å². The van der Waals surface area contributed by atoms with E-state index in [4.69, 9.17) is 0 Å². The van der Waals surface area contributed by atoms with Gasteiger partial charge < -0.3 is 20.4 Å². The minimum absolute atomic E-state index is 1.02. The Labute approximate surface area is 322 Å². The zero-order valence-corrected chi connectivity index (χ0v) is 30.6. The number of para-hydroxylation sites is 2. The zero-order valence-electron chi connectivity index (χ0n) is 30.6. The third-order valence-corrected chi connectivity index (χ3v) is 10.0. The van der Waals surface area contributed by atoms with Gasteiger partial charge in [0.1, 0.15) is 0 Å². The molecule has 9 rings (SSSR count). The Hall–Kier alpha value is -7.30. The highest BCUT2D eigenvalue weighted by Gasteiger charge is 2.15. The molecule has 4 heteroatoms. The van der Waals surface area contributed by atoms with Gasteiger partial charge in [-0.3, -0.25) is 0 Å². The van der Waals surface area contributed by atoms with E-state index in [1.807, 2.05) is 0 Å². The first-order chi connectivity index (χ1) is 27.1. The maximum Gasteiger partial charge on any atom is 0.0468 e. The number of hydrogen-bond acceptors (Lipinski definition) is 4. The van der Waals surface area contributed by atoms with Crippen molar-refractivity contribution in [1.82, 2.24) is 0 Å². The van der Waals surface area contributed by atoms with Gasteiger partial charge in [0.15, 0.2) is 0 Å². The molecule has 0 bridgehead atoms. The van der Waals surface area contributed by atoms with Crippen molar-refractivity contribution in [3.8, 4) is 0 Å². The standard InChI is InChI=1S/C51H40N4/c1-37-16-21-40(22-17-37)52-41-25-32-47(33-26-41)55(49-29-20-39-19-18-38-10-8-9-15-50(38)51(39)36-49)48-34-27-43(28-35-48)53-42-23-30-46(31-24-42)54(44-11-4-2-5-12-44)45-13-6-3-7-14-45/h2-36,52-53H,1H3. The van der Waals surface area contributed by atoms with Crippen LogP contribution in [-0.2, 0) is 0 Å². The molecule has 0 aliphatic rings. The van der Waals surface area contributed by atoms with Gasteiger partial charge in [0, 0.05) is 56.9 Å². The number of rotatable bonds is 10. The number of hydrogen-bond donors (Lipinski definition) is 2. The van der Waals surface area contributed by atoms with E-state index >= 15 is 0 Å². The lowest BCUT2D eigenvalue weighted by molar-refractivity contribution is 1.28. The third-order valence-electron chi connectivity index (χ3n) is 10.0. The summed E-state index contributed by atoms with van der Waals surface area (Å²) in [4.78, 5) is 4.60. The molecule has 0 atom stereocenters. The fourth-order valence-electron chi connectivity index (χ4n) is 7.23. The number of fused-ring (bicyclic) bond motifs is 3. The van der Waals surface area contributed by atoms with E-state index in [-0.39, 0.29) is 0 Å². The zero-order chi connectivity index (χ0) is 37.0. The first kappa shape index (κ1) is 33.5. The molecule has 0 fully saturated rings. The van der Waals surface area contributed by atoms with Crippen LogP contribution >= 0.6 is 0 Å². The van der Waals surface area contributed by atoms with Gasteiger partial charge in [-0.25, -0.2) is 0 Å². The minimum Gasteiger partial charge on any atom is -0.356 e. The summed E-state index contributed by atoms with van der Waals surface area (Å²) in [5.74, 6) is 0. The molecule has 0 spiro atoms.